The number of methoxy groups -OCH3 is 1. The third-order valence-corrected chi connectivity index (χ3v) is 2.78. The van der Waals surface area contributed by atoms with Gasteiger partial charge in [0.25, 0.3) is 0 Å². The summed E-state index contributed by atoms with van der Waals surface area (Å²) in [5.74, 6) is 5.63. The van der Waals surface area contributed by atoms with Gasteiger partial charge in [-0.25, -0.2) is 4.39 Å². The van der Waals surface area contributed by atoms with Gasteiger partial charge in [-0.3, -0.25) is 0 Å². The van der Waals surface area contributed by atoms with Crippen LogP contribution >= 0.6 is 0 Å². The van der Waals surface area contributed by atoms with Gasteiger partial charge in [-0.1, -0.05) is 24.0 Å². The Morgan fingerprint density at radius 3 is 2.71 bits per heavy atom. The highest BCUT2D eigenvalue weighted by molar-refractivity contribution is 5.40. The van der Waals surface area contributed by atoms with Crippen molar-refractivity contribution in [1.82, 2.24) is 0 Å². The van der Waals surface area contributed by atoms with E-state index in [0.717, 1.165) is 11.3 Å². The molecule has 0 amide bonds. The predicted octanol–water partition coefficient (Wildman–Crippen LogP) is 2.76. The van der Waals surface area contributed by atoms with E-state index in [2.05, 4.69) is 11.8 Å². The molecule has 0 fully saturated rings. The Labute approximate surface area is 122 Å². The Morgan fingerprint density at radius 1 is 1.14 bits per heavy atom. The lowest BCUT2D eigenvalue weighted by molar-refractivity contribution is 0.303. The monoisotopic (exact) mass is 286 g/mol. The second-order valence-electron chi connectivity index (χ2n) is 4.24. The number of ether oxygens (including phenoxy) is 2. The minimum absolute atomic E-state index is 0.234. The Kier molecular flexibility index (Phi) is 5.19. The zero-order chi connectivity index (χ0) is 15.1. The summed E-state index contributed by atoms with van der Waals surface area (Å²) in [6.45, 7) is 0.0197. The van der Waals surface area contributed by atoms with Crippen LogP contribution in [-0.2, 0) is 6.61 Å². The van der Waals surface area contributed by atoms with Gasteiger partial charge in [0.15, 0.2) is 0 Å². The molecule has 3 nitrogen and oxygen atoms in total. The van der Waals surface area contributed by atoms with Crippen molar-refractivity contribution < 1.29 is 19.0 Å². The smallest absolute Gasteiger partial charge is 0.142 e. The summed E-state index contributed by atoms with van der Waals surface area (Å²) in [5.41, 5.74) is 1.16. The fraction of sp³-hybridized carbons (Fsp3) is 0.176. The number of hydrogen-bond donors (Lipinski definition) is 1. The molecule has 0 spiro atoms. The van der Waals surface area contributed by atoms with Gasteiger partial charge in [0.2, 0.25) is 0 Å². The van der Waals surface area contributed by atoms with Crippen molar-refractivity contribution in [3.8, 4) is 23.3 Å². The first-order valence-corrected chi connectivity index (χ1v) is 6.38. The number of halogens is 1. The van der Waals surface area contributed by atoms with Crippen LogP contribution in [0.15, 0.2) is 42.5 Å². The molecule has 0 aliphatic carbocycles. The molecule has 2 aromatic rings. The second kappa shape index (κ2) is 7.32. The lowest BCUT2D eigenvalue weighted by Gasteiger charge is -2.08. The number of aliphatic hydroxyl groups excluding tert-OH is 1. The van der Waals surface area contributed by atoms with Gasteiger partial charge in [-0.15, -0.1) is 0 Å². The Bertz CT molecular complexity index is 671. The molecule has 1 N–H and O–H groups in total. The van der Waals surface area contributed by atoms with Gasteiger partial charge in [0.05, 0.1) is 12.7 Å². The van der Waals surface area contributed by atoms with Gasteiger partial charge in [-0.05, 0) is 29.8 Å². The van der Waals surface area contributed by atoms with E-state index in [1.165, 1.54) is 12.1 Å². The number of benzene rings is 2. The van der Waals surface area contributed by atoms with Crippen LogP contribution in [0.25, 0.3) is 0 Å². The van der Waals surface area contributed by atoms with Crippen LogP contribution < -0.4 is 9.47 Å². The van der Waals surface area contributed by atoms with Crippen molar-refractivity contribution in [3.05, 3.63) is 59.4 Å². The average Bonchev–Trinajstić information content (AvgIpc) is 2.52. The largest absolute Gasteiger partial charge is 0.497 e. The Balaban J connectivity index is 2.04. The topological polar surface area (TPSA) is 38.7 Å². The molecule has 4 heteroatoms. The van der Waals surface area contributed by atoms with Crippen LogP contribution in [-0.4, -0.2) is 18.8 Å². The minimum Gasteiger partial charge on any atom is -0.497 e. The van der Waals surface area contributed by atoms with E-state index in [9.17, 15) is 4.39 Å². The summed E-state index contributed by atoms with van der Waals surface area (Å²) in [6.07, 6.45) is 0. The van der Waals surface area contributed by atoms with Crippen LogP contribution in [0, 0.1) is 17.7 Å². The van der Waals surface area contributed by atoms with Crippen molar-refractivity contribution in [2.75, 3.05) is 13.7 Å². The summed E-state index contributed by atoms with van der Waals surface area (Å²) in [5, 5.41) is 8.60. The normalized spacial score (nSPS) is 9.67. The van der Waals surface area contributed by atoms with E-state index in [4.69, 9.17) is 14.6 Å². The molecule has 2 aromatic carbocycles. The first kappa shape index (κ1) is 14.9. The van der Waals surface area contributed by atoms with E-state index in [0.29, 0.717) is 12.4 Å². The summed E-state index contributed by atoms with van der Waals surface area (Å²) in [6, 6.07) is 11.9. The third-order valence-electron chi connectivity index (χ3n) is 2.78. The van der Waals surface area contributed by atoms with Crippen molar-refractivity contribution in [2.24, 2.45) is 0 Å². The highest BCUT2D eigenvalue weighted by Gasteiger charge is 2.03. The molecule has 0 atom stereocenters. The average molecular weight is 286 g/mol. The van der Waals surface area contributed by atoms with Crippen LogP contribution in [0.2, 0.25) is 0 Å². The SMILES string of the molecule is COc1cccc(COc2ccc(C#CCO)c(F)c2)c1. The molecule has 21 heavy (non-hydrogen) atoms. The minimum atomic E-state index is -0.473. The van der Waals surface area contributed by atoms with Crippen molar-refractivity contribution in [3.63, 3.8) is 0 Å². The highest BCUT2D eigenvalue weighted by atomic mass is 19.1. The molecule has 2 rings (SSSR count). The van der Waals surface area contributed by atoms with Crippen LogP contribution in [0.5, 0.6) is 11.5 Å². The standard InChI is InChI=1S/C17H15FO3/c1-20-15-6-2-4-13(10-15)12-21-16-8-7-14(5-3-9-19)17(18)11-16/h2,4,6-8,10-11,19H,9,12H2,1H3. The zero-order valence-corrected chi connectivity index (χ0v) is 11.6. The van der Waals surface area contributed by atoms with Crippen molar-refractivity contribution in [2.45, 2.75) is 6.61 Å². The van der Waals surface area contributed by atoms with Gasteiger partial charge in [0, 0.05) is 6.07 Å². The highest BCUT2D eigenvalue weighted by Crippen LogP contribution is 2.19. The first-order valence-electron chi connectivity index (χ1n) is 6.38. The predicted molar refractivity (Wildman–Crippen MR) is 77.7 cm³/mol. The van der Waals surface area contributed by atoms with Crippen molar-refractivity contribution in [1.29, 1.82) is 0 Å². The fourth-order valence-corrected chi connectivity index (χ4v) is 1.75. The molecule has 0 aromatic heterocycles. The number of rotatable bonds is 4. The molecule has 0 bridgehead atoms. The summed E-state index contributed by atoms with van der Waals surface area (Å²) < 4.78 is 24.4. The van der Waals surface area contributed by atoms with Crippen LogP contribution in [0.4, 0.5) is 4.39 Å². The maximum absolute atomic E-state index is 13.7. The lowest BCUT2D eigenvalue weighted by Crippen LogP contribution is -1.97. The number of hydrogen-bond acceptors (Lipinski definition) is 3. The fourth-order valence-electron chi connectivity index (χ4n) is 1.75. The van der Waals surface area contributed by atoms with Gasteiger partial charge < -0.3 is 14.6 Å². The van der Waals surface area contributed by atoms with E-state index in [1.807, 2.05) is 24.3 Å². The van der Waals surface area contributed by atoms with E-state index in [1.54, 1.807) is 13.2 Å². The van der Waals surface area contributed by atoms with Gasteiger partial charge >= 0.3 is 0 Å². The molecule has 0 heterocycles. The van der Waals surface area contributed by atoms with Crippen LogP contribution in [0.3, 0.4) is 0 Å². The maximum Gasteiger partial charge on any atom is 0.142 e. The van der Waals surface area contributed by atoms with Gasteiger partial charge in [0.1, 0.15) is 30.5 Å². The summed E-state index contributed by atoms with van der Waals surface area (Å²) >= 11 is 0. The molecule has 0 aliphatic heterocycles. The maximum atomic E-state index is 13.7. The Hall–Kier alpha value is -2.51. The summed E-state index contributed by atoms with van der Waals surface area (Å²) in [4.78, 5) is 0. The first-order chi connectivity index (χ1) is 10.2. The van der Waals surface area contributed by atoms with Crippen molar-refractivity contribution >= 4 is 0 Å². The second-order valence-corrected chi connectivity index (χ2v) is 4.24. The van der Waals surface area contributed by atoms with Gasteiger partial charge in [-0.2, -0.15) is 0 Å². The molecule has 0 aliphatic rings. The molecule has 0 radical (unpaired) electrons. The molecule has 0 unspecified atom stereocenters. The van der Waals surface area contributed by atoms with Crippen LogP contribution in [0.1, 0.15) is 11.1 Å². The van der Waals surface area contributed by atoms with E-state index in [-0.39, 0.29) is 12.2 Å². The molecule has 108 valence electrons. The lowest BCUT2D eigenvalue weighted by atomic mass is 10.2. The zero-order valence-electron chi connectivity index (χ0n) is 11.6. The third kappa shape index (κ3) is 4.23. The molecule has 0 saturated carbocycles. The Morgan fingerprint density at radius 2 is 2.00 bits per heavy atom. The van der Waals surface area contributed by atoms with E-state index >= 15 is 0 Å². The molecule has 0 saturated heterocycles. The molecular weight excluding hydrogens is 271 g/mol. The summed E-state index contributed by atoms with van der Waals surface area (Å²) in [7, 11) is 1.60. The quantitative estimate of drug-likeness (QED) is 0.878. The van der Waals surface area contributed by atoms with E-state index < -0.39 is 5.82 Å². The molecular formula is C17H15FO3. The number of aliphatic hydroxyl groups is 1.